The van der Waals surface area contributed by atoms with Gasteiger partial charge in [-0.25, -0.2) is 0 Å². The van der Waals surface area contributed by atoms with Crippen LogP contribution in [0.1, 0.15) is 43.2 Å². The molecule has 27 heavy (non-hydrogen) atoms. The Morgan fingerprint density at radius 2 is 2.04 bits per heavy atom. The fourth-order valence-electron chi connectivity index (χ4n) is 3.13. The monoisotopic (exact) mass is 379 g/mol. The maximum Gasteiger partial charge on any atom is 0.416 e. The van der Waals surface area contributed by atoms with Crippen molar-refractivity contribution in [1.82, 2.24) is 10.2 Å². The summed E-state index contributed by atoms with van der Waals surface area (Å²) in [6.07, 6.45) is -3.72. The van der Waals surface area contributed by atoms with Crippen molar-refractivity contribution in [2.75, 3.05) is 0 Å². The molecule has 1 aromatic heterocycles. The highest BCUT2D eigenvalue weighted by Crippen LogP contribution is 2.37. The molecule has 1 aromatic carbocycles. The molecule has 1 aliphatic rings. The Kier molecular flexibility index (Phi) is 5.19. The first-order valence-corrected chi connectivity index (χ1v) is 8.65. The number of carbonyl (C=O) groups excluding carboxylic acids is 1. The van der Waals surface area contributed by atoms with Crippen LogP contribution in [0.4, 0.5) is 13.2 Å². The van der Waals surface area contributed by atoms with Gasteiger partial charge in [-0.05, 0) is 43.9 Å². The van der Waals surface area contributed by atoms with Crippen molar-refractivity contribution in [3.8, 4) is 11.3 Å². The van der Waals surface area contributed by atoms with E-state index in [1.54, 1.807) is 12.1 Å². The topological polar surface area (TPSA) is 78.1 Å². The van der Waals surface area contributed by atoms with Crippen LogP contribution < -0.4 is 5.73 Å². The van der Waals surface area contributed by atoms with Crippen LogP contribution in [0.3, 0.4) is 0 Å². The maximum absolute atomic E-state index is 13.0. The van der Waals surface area contributed by atoms with Gasteiger partial charge in [0.2, 0.25) is 0 Å². The molecule has 1 heterocycles. The van der Waals surface area contributed by atoms with Crippen molar-refractivity contribution >= 4 is 5.97 Å². The molecule has 3 atom stereocenters. The Labute approximate surface area is 154 Å². The first-order chi connectivity index (χ1) is 12.6. The van der Waals surface area contributed by atoms with E-state index in [1.165, 1.54) is 13.0 Å². The fraction of sp³-hybridized carbons (Fsp3) is 0.421. The van der Waals surface area contributed by atoms with Gasteiger partial charge in [0.1, 0.15) is 12.1 Å². The molecule has 0 bridgehead atoms. The summed E-state index contributed by atoms with van der Waals surface area (Å²) in [5, 5.41) is 8.27. The van der Waals surface area contributed by atoms with Crippen molar-refractivity contribution < 1.29 is 22.7 Å². The van der Waals surface area contributed by atoms with Crippen LogP contribution in [0.2, 0.25) is 0 Å². The molecule has 3 rings (SSSR count). The number of benzene rings is 1. The predicted molar refractivity (Wildman–Crippen MR) is 92.4 cm³/mol. The zero-order chi connectivity index (χ0) is 19.8. The van der Waals surface area contributed by atoms with Crippen molar-refractivity contribution in [3.63, 3.8) is 0 Å². The van der Waals surface area contributed by atoms with Gasteiger partial charge in [-0.2, -0.15) is 23.4 Å². The van der Waals surface area contributed by atoms with E-state index in [-0.39, 0.29) is 5.92 Å². The Morgan fingerprint density at radius 3 is 2.70 bits per heavy atom. The lowest BCUT2D eigenvalue weighted by atomic mass is 9.85. The number of ether oxygens (including phenoxy) is 1. The van der Waals surface area contributed by atoms with Crippen molar-refractivity contribution in [3.05, 3.63) is 47.2 Å². The summed E-state index contributed by atoms with van der Waals surface area (Å²) < 4.78 is 44.4. The first-order valence-electron chi connectivity index (χ1n) is 8.65. The number of nitrogens with zero attached hydrogens (tertiary/aromatic N) is 2. The van der Waals surface area contributed by atoms with E-state index in [0.717, 1.165) is 12.1 Å². The van der Waals surface area contributed by atoms with Crippen LogP contribution in [0.25, 0.3) is 11.3 Å². The number of rotatable bonds is 3. The van der Waals surface area contributed by atoms with Crippen LogP contribution >= 0.6 is 0 Å². The third kappa shape index (κ3) is 4.27. The number of esters is 1. The summed E-state index contributed by atoms with van der Waals surface area (Å²) in [7, 11) is 0. The molecule has 0 saturated carbocycles. The number of halogens is 3. The molecule has 144 valence electrons. The number of hydrogen-bond acceptors (Lipinski definition) is 5. The number of carbonyl (C=O) groups is 1. The number of hydrogen-bond donors (Lipinski definition) is 1. The lowest BCUT2D eigenvalue weighted by Crippen LogP contribution is -2.32. The molecule has 0 saturated heterocycles. The minimum Gasteiger partial charge on any atom is -0.456 e. The minimum absolute atomic E-state index is 0.233. The van der Waals surface area contributed by atoms with Gasteiger partial charge in [0, 0.05) is 11.1 Å². The summed E-state index contributed by atoms with van der Waals surface area (Å²) in [5.41, 5.74) is 6.78. The average Bonchev–Trinajstić information content (AvgIpc) is 2.60. The predicted octanol–water partition coefficient (Wildman–Crippen LogP) is 3.68. The zero-order valence-electron chi connectivity index (χ0n) is 15.0. The first kappa shape index (κ1) is 19.3. The lowest BCUT2D eigenvalue weighted by Gasteiger charge is -2.29. The Morgan fingerprint density at radius 1 is 1.30 bits per heavy atom. The highest BCUT2D eigenvalue weighted by molar-refractivity contribution is 5.75. The Balaban J connectivity index is 1.98. The third-order valence-electron chi connectivity index (χ3n) is 4.52. The van der Waals surface area contributed by atoms with Gasteiger partial charge >= 0.3 is 12.1 Å². The Hall–Kier alpha value is -2.48. The fourth-order valence-corrected chi connectivity index (χ4v) is 3.13. The second-order valence-electron chi connectivity index (χ2n) is 6.97. The van der Waals surface area contributed by atoms with E-state index in [1.807, 2.05) is 6.92 Å². The molecular formula is C19H20F3N3O2. The maximum atomic E-state index is 13.0. The highest BCUT2D eigenvalue weighted by Gasteiger charge is 2.32. The molecule has 2 N–H and O–H groups in total. The molecule has 2 aromatic rings. The summed E-state index contributed by atoms with van der Waals surface area (Å²) in [4.78, 5) is 11.9. The second-order valence-corrected chi connectivity index (χ2v) is 6.97. The van der Waals surface area contributed by atoms with Crippen molar-refractivity contribution in [2.45, 2.75) is 45.0 Å². The van der Waals surface area contributed by atoms with Crippen LogP contribution in [-0.4, -0.2) is 22.2 Å². The molecule has 5 nitrogen and oxygen atoms in total. The minimum atomic E-state index is -4.44. The van der Waals surface area contributed by atoms with Crippen LogP contribution in [0, 0.1) is 5.92 Å². The molecule has 0 aliphatic heterocycles. The number of nitrogens with two attached hydrogens (primary N) is 1. The van der Waals surface area contributed by atoms with Crippen LogP contribution in [0.15, 0.2) is 30.3 Å². The van der Waals surface area contributed by atoms with Crippen LogP contribution in [-0.2, 0) is 22.1 Å². The van der Waals surface area contributed by atoms with E-state index in [0.29, 0.717) is 35.4 Å². The van der Waals surface area contributed by atoms with Crippen molar-refractivity contribution in [2.24, 2.45) is 11.7 Å². The molecule has 0 fully saturated rings. The van der Waals surface area contributed by atoms with Gasteiger partial charge in [-0.15, -0.1) is 0 Å². The summed E-state index contributed by atoms with van der Waals surface area (Å²) in [5.74, 6) is -0.297. The van der Waals surface area contributed by atoms with Gasteiger partial charge in [-0.3, -0.25) is 4.79 Å². The molecule has 0 amide bonds. The SMILES string of the molecule is CC1Cc2nnc(-c3cccc(C(F)(F)F)c3)cc2C(OC(=O)[C@H](C)N)C1. The third-order valence-corrected chi connectivity index (χ3v) is 4.52. The number of fused-ring (bicyclic) bond motifs is 1. The quantitative estimate of drug-likeness (QED) is 0.823. The summed E-state index contributed by atoms with van der Waals surface area (Å²) >= 11 is 0. The molecular weight excluding hydrogens is 359 g/mol. The smallest absolute Gasteiger partial charge is 0.416 e. The summed E-state index contributed by atoms with van der Waals surface area (Å²) in [6.45, 7) is 3.55. The van der Waals surface area contributed by atoms with E-state index in [9.17, 15) is 18.0 Å². The van der Waals surface area contributed by atoms with E-state index in [4.69, 9.17) is 10.5 Å². The molecule has 1 aliphatic carbocycles. The second kappa shape index (κ2) is 7.26. The van der Waals surface area contributed by atoms with Gasteiger partial charge in [0.25, 0.3) is 0 Å². The number of aromatic nitrogens is 2. The molecule has 2 unspecified atom stereocenters. The van der Waals surface area contributed by atoms with E-state index in [2.05, 4.69) is 10.2 Å². The number of alkyl halides is 3. The molecule has 8 heteroatoms. The van der Waals surface area contributed by atoms with Crippen molar-refractivity contribution in [1.29, 1.82) is 0 Å². The van der Waals surface area contributed by atoms with Gasteiger partial charge in [0.15, 0.2) is 0 Å². The summed E-state index contributed by atoms with van der Waals surface area (Å²) in [6, 6.07) is 5.80. The van der Waals surface area contributed by atoms with Crippen LogP contribution in [0.5, 0.6) is 0 Å². The van der Waals surface area contributed by atoms with E-state index < -0.39 is 29.9 Å². The Bertz CT molecular complexity index is 852. The average molecular weight is 379 g/mol. The van der Waals surface area contributed by atoms with Gasteiger partial charge in [0.05, 0.1) is 17.0 Å². The molecule has 0 spiro atoms. The normalized spacial score (nSPS) is 20.7. The zero-order valence-corrected chi connectivity index (χ0v) is 15.0. The highest BCUT2D eigenvalue weighted by atomic mass is 19.4. The molecule has 0 radical (unpaired) electrons. The van der Waals surface area contributed by atoms with E-state index >= 15 is 0 Å². The van der Waals surface area contributed by atoms with Gasteiger partial charge < -0.3 is 10.5 Å². The standard InChI is InChI=1S/C19H20F3N3O2/c1-10-6-16-14(17(7-10)27-18(26)11(2)23)9-15(24-25-16)12-4-3-5-13(8-12)19(20,21)22/h3-5,8-11,17H,6-7,23H2,1-2H3/t10?,11-,17?/m0/s1. The lowest BCUT2D eigenvalue weighted by molar-refractivity contribution is -0.152. The largest absolute Gasteiger partial charge is 0.456 e. The van der Waals surface area contributed by atoms with Gasteiger partial charge in [-0.1, -0.05) is 19.1 Å².